The minimum atomic E-state index is -0.556. The number of carbonyl (C=O) groups is 2. The molecule has 2 aromatic rings. The molecule has 2 N–H and O–H groups in total. The van der Waals surface area contributed by atoms with Crippen LogP contribution >= 0.6 is 0 Å². The van der Waals surface area contributed by atoms with E-state index in [9.17, 15) is 9.59 Å². The number of furan rings is 1. The predicted octanol–water partition coefficient (Wildman–Crippen LogP) is 2.62. The standard InChI is InChI=1S/C16H15NO4/c1-2-20-16(19)13-6-4-3-5-12(13)14-9-7-11(21-14)8-10-15(17)18/h3-10H,2H2,1H3,(H2,17,18)/b10-8-. The summed E-state index contributed by atoms with van der Waals surface area (Å²) >= 11 is 0. The van der Waals surface area contributed by atoms with Crippen LogP contribution in [-0.2, 0) is 9.53 Å². The van der Waals surface area contributed by atoms with E-state index in [-0.39, 0.29) is 0 Å². The average molecular weight is 285 g/mol. The minimum absolute atomic E-state index is 0.303. The fourth-order valence-electron chi connectivity index (χ4n) is 1.84. The smallest absolute Gasteiger partial charge is 0.338 e. The molecule has 5 nitrogen and oxygen atoms in total. The monoisotopic (exact) mass is 285 g/mol. The Morgan fingerprint density at radius 3 is 2.71 bits per heavy atom. The van der Waals surface area contributed by atoms with Crippen molar-refractivity contribution in [3.05, 3.63) is 53.8 Å². The van der Waals surface area contributed by atoms with Crippen molar-refractivity contribution in [2.24, 2.45) is 5.73 Å². The zero-order chi connectivity index (χ0) is 15.2. The first kappa shape index (κ1) is 14.6. The van der Waals surface area contributed by atoms with E-state index >= 15 is 0 Å². The summed E-state index contributed by atoms with van der Waals surface area (Å²) in [5.41, 5.74) is 6.09. The normalized spacial score (nSPS) is 10.7. The van der Waals surface area contributed by atoms with Gasteiger partial charge in [0.2, 0.25) is 5.91 Å². The molecule has 0 saturated carbocycles. The van der Waals surface area contributed by atoms with Gasteiger partial charge in [-0.05, 0) is 31.2 Å². The first-order valence-corrected chi connectivity index (χ1v) is 6.45. The molecule has 21 heavy (non-hydrogen) atoms. The Kier molecular flexibility index (Phi) is 4.56. The van der Waals surface area contributed by atoms with Crippen LogP contribution in [0.25, 0.3) is 17.4 Å². The van der Waals surface area contributed by atoms with E-state index in [4.69, 9.17) is 14.9 Å². The van der Waals surface area contributed by atoms with Crippen LogP contribution in [0.1, 0.15) is 23.0 Å². The summed E-state index contributed by atoms with van der Waals surface area (Å²) in [6.45, 7) is 2.05. The third-order valence-corrected chi connectivity index (χ3v) is 2.73. The fourth-order valence-corrected chi connectivity index (χ4v) is 1.84. The van der Waals surface area contributed by atoms with Gasteiger partial charge in [-0.3, -0.25) is 4.79 Å². The van der Waals surface area contributed by atoms with Crippen molar-refractivity contribution < 1.29 is 18.7 Å². The van der Waals surface area contributed by atoms with Gasteiger partial charge in [-0.15, -0.1) is 0 Å². The zero-order valence-electron chi connectivity index (χ0n) is 11.5. The van der Waals surface area contributed by atoms with Crippen LogP contribution in [0, 0.1) is 0 Å². The Balaban J connectivity index is 2.34. The highest BCUT2D eigenvalue weighted by atomic mass is 16.5. The Morgan fingerprint density at radius 1 is 1.24 bits per heavy atom. The summed E-state index contributed by atoms with van der Waals surface area (Å²) in [7, 11) is 0. The molecule has 0 aliphatic rings. The Hall–Kier alpha value is -2.82. The van der Waals surface area contributed by atoms with E-state index in [1.54, 1.807) is 43.3 Å². The van der Waals surface area contributed by atoms with Crippen LogP contribution in [0.5, 0.6) is 0 Å². The number of benzene rings is 1. The van der Waals surface area contributed by atoms with Crippen LogP contribution in [0.4, 0.5) is 0 Å². The highest BCUT2D eigenvalue weighted by molar-refractivity contribution is 5.96. The summed E-state index contributed by atoms with van der Waals surface area (Å²) < 4.78 is 10.6. The van der Waals surface area contributed by atoms with Crippen molar-refractivity contribution in [3.8, 4) is 11.3 Å². The van der Waals surface area contributed by atoms with Crippen LogP contribution in [0.15, 0.2) is 46.9 Å². The number of ether oxygens (including phenoxy) is 1. The van der Waals surface area contributed by atoms with Gasteiger partial charge in [0.25, 0.3) is 0 Å². The molecule has 0 radical (unpaired) electrons. The van der Waals surface area contributed by atoms with Gasteiger partial charge in [0, 0.05) is 11.6 Å². The van der Waals surface area contributed by atoms with Crippen LogP contribution in [0.2, 0.25) is 0 Å². The lowest BCUT2D eigenvalue weighted by atomic mass is 10.1. The highest BCUT2D eigenvalue weighted by Gasteiger charge is 2.15. The summed E-state index contributed by atoms with van der Waals surface area (Å²) in [5, 5.41) is 0. The molecule has 1 aromatic carbocycles. The third-order valence-electron chi connectivity index (χ3n) is 2.73. The molecule has 5 heteroatoms. The molecule has 0 aliphatic heterocycles. The number of hydrogen-bond donors (Lipinski definition) is 1. The number of rotatable bonds is 5. The van der Waals surface area contributed by atoms with Crippen LogP contribution in [0.3, 0.4) is 0 Å². The van der Waals surface area contributed by atoms with E-state index in [0.717, 1.165) is 0 Å². The summed E-state index contributed by atoms with van der Waals surface area (Å²) in [4.78, 5) is 22.6. The van der Waals surface area contributed by atoms with Crippen molar-refractivity contribution >= 4 is 18.0 Å². The molecule has 1 heterocycles. The quantitative estimate of drug-likeness (QED) is 0.676. The first-order valence-electron chi connectivity index (χ1n) is 6.45. The molecular weight excluding hydrogens is 270 g/mol. The summed E-state index contributed by atoms with van der Waals surface area (Å²) in [6.07, 6.45) is 2.68. The maximum Gasteiger partial charge on any atom is 0.338 e. The lowest BCUT2D eigenvalue weighted by molar-refractivity contribution is -0.113. The topological polar surface area (TPSA) is 82.5 Å². The molecule has 0 saturated heterocycles. The average Bonchev–Trinajstić information content (AvgIpc) is 2.94. The van der Waals surface area contributed by atoms with Crippen molar-refractivity contribution in [3.63, 3.8) is 0 Å². The van der Waals surface area contributed by atoms with Gasteiger partial charge in [-0.25, -0.2) is 4.79 Å². The van der Waals surface area contributed by atoms with Crippen molar-refractivity contribution in [1.82, 2.24) is 0 Å². The fraction of sp³-hybridized carbons (Fsp3) is 0.125. The van der Waals surface area contributed by atoms with Gasteiger partial charge in [0.05, 0.1) is 12.2 Å². The van der Waals surface area contributed by atoms with E-state index in [2.05, 4.69) is 0 Å². The van der Waals surface area contributed by atoms with E-state index in [1.807, 2.05) is 0 Å². The lowest BCUT2D eigenvalue weighted by Crippen LogP contribution is -2.06. The molecule has 1 aromatic heterocycles. The molecule has 2 rings (SSSR count). The van der Waals surface area contributed by atoms with Crippen LogP contribution < -0.4 is 5.73 Å². The Morgan fingerprint density at radius 2 is 2.00 bits per heavy atom. The molecule has 1 amide bonds. The molecule has 108 valence electrons. The van der Waals surface area contributed by atoms with Crippen molar-refractivity contribution in [1.29, 1.82) is 0 Å². The molecular formula is C16H15NO4. The summed E-state index contributed by atoms with van der Waals surface area (Å²) in [6, 6.07) is 10.4. The number of carbonyl (C=O) groups excluding carboxylic acids is 2. The number of hydrogen-bond acceptors (Lipinski definition) is 4. The maximum atomic E-state index is 11.9. The second-order valence-electron chi connectivity index (χ2n) is 4.20. The lowest BCUT2D eigenvalue weighted by Gasteiger charge is -2.06. The van der Waals surface area contributed by atoms with Gasteiger partial charge in [0.1, 0.15) is 11.5 Å². The van der Waals surface area contributed by atoms with Gasteiger partial charge >= 0.3 is 5.97 Å². The first-order chi connectivity index (χ1) is 10.1. The van der Waals surface area contributed by atoms with Crippen LogP contribution in [-0.4, -0.2) is 18.5 Å². The molecule has 0 fully saturated rings. The molecule has 0 aliphatic carbocycles. The van der Waals surface area contributed by atoms with E-state index in [0.29, 0.717) is 29.3 Å². The third kappa shape index (κ3) is 3.60. The molecule has 0 atom stereocenters. The maximum absolute atomic E-state index is 11.9. The number of esters is 1. The Labute approximate surface area is 122 Å². The van der Waals surface area contributed by atoms with Gasteiger partial charge in [-0.1, -0.05) is 18.2 Å². The van der Waals surface area contributed by atoms with Gasteiger partial charge in [0.15, 0.2) is 0 Å². The second-order valence-corrected chi connectivity index (χ2v) is 4.20. The minimum Gasteiger partial charge on any atom is -0.462 e. The largest absolute Gasteiger partial charge is 0.462 e. The second kappa shape index (κ2) is 6.56. The molecule has 0 unspecified atom stereocenters. The molecule has 0 spiro atoms. The predicted molar refractivity (Wildman–Crippen MR) is 78.3 cm³/mol. The number of primary amides is 1. The molecule has 0 bridgehead atoms. The van der Waals surface area contributed by atoms with Gasteiger partial charge in [-0.2, -0.15) is 0 Å². The SMILES string of the molecule is CCOC(=O)c1ccccc1-c1ccc(/C=C\C(N)=O)o1. The van der Waals surface area contributed by atoms with Crippen molar-refractivity contribution in [2.75, 3.05) is 6.61 Å². The zero-order valence-corrected chi connectivity index (χ0v) is 11.5. The number of amides is 1. The van der Waals surface area contributed by atoms with E-state index < -0.39 is 11.9 Å². The highest BCUT2D eigenvalue weighted by Crippen LogP contribution is 2.26. The summed E-state index contributed by atoms with van der Waals surface area (Å²) in [5.74, 6) is 0.0313. The van der Waals surface area contributed by atoms with Crippen molar-refractivity contribution in [2.45, 2.75) is 6.92 Å². The van der Waals surface area contributed by atoms with Gasteiger partial charge < -0.3 is 14.9 Å². The Bertz CT molecular complexity index is 685. The van der Waals surface area contributed by atoms with E-state index in [1.165, 1.54) is 12.2 Å². The number of nitrogens with two attached hydrogens (primary N) is 1.